The number of fused-ring (bicyclic) bond motifs is 1. The molecule has 0 aliphatic carbocycles. The van der Waals surface area contributed by atoms with Crippen molar-refractivity contribution in [2.24, 2.45) is 0 Å². The summed E-state index contributed by atoms with van der Waals surface area (Å²) < 4.78 is 0. The Hall–Kier alpha value is -2.07. The Balaban J connectivity index is 1.82. The van der Waals surface area contributed by atoms with Crippen LogP contribution in [0.25, 0.3) is 0 Å². The molecule has 0 bridgehead atoms. The normalized spacial score (nSPS) is 13.2. The molecule has 0 saturated heterocycles. The lowest BCUT2D eigenvalue weighted by atomic mass is 10.2. The van der Waals surface area contributed by atoms with Gasteiger partial charge in [-0.25, -0.2) is 4.79 Å². The van der Waals surface area contributed by atoms with Crippen LogP contribution in [-0.2, 0) is 6.42 Å². The van der Waals surface area contributed by atoms with Crippen LogP contribution < -0.4 is 10.2 Å². The van der Waals surface area contributed by atoms with Gasteiger partial charge in [-0.15, -0.1) is 0 Å². The number of halogens is 1. The molecule has 0 unspecified atom stereocenters. The van der Waals surface area contributed by atoms with Crippen LogP contribution in [0.5, 0.6) is 0 Å². The molecule has 0 spiro atoms. The molecule has 2 heterocycles. The molecule has 1 aliphatic heterocycles. The zero-order valence-corrected chi connectivity index (χ0v) is 10.9. The Morgan fingerprint density at radius 3 is 3.05 bits per heavy atom. The summed E-state index contributed by atoms with van der Waals surface area (Å²) in [4.78, 5) is 17.9. The first kappa shape index (κ1) is 12.0. The predicted molar refractivity (Wildman–Crippen MR) is 75.8 cm³/mol. The first-order chi connectivity index (χ1) is 9.24. The fourth-order valence-corrected chi connectivity index (χ4v) is 2.36. The maximum absolute atomic E-state index is 12.2. The number of nitrogens with zero attached hydrogens (tertiary/aromatic N) is 2. The van der Waals surface area contributed by atoms with Crippen LogP contribution in [0, 0.1) is 0 Å². The zero-order chi connectivity index (χ0) is 13.2. The van der Waals surface area contributed by atoms with Crippen molar-refractivity contribution in [2.75, 3.05) is 16.8 Å². The number of carbonyl (C=O) groups is 1. The van der Waals surface area contributed by atoms with Gasteiger partial charge in [-0.3, -0.25) is 9.88 Å². The molecule has 0 saturated carbocycles. The van der Waals surface area contributed by atoms with Gasteiger partial charge in [0.05, 0.1) is 17.6 Å². The number of rotatable bonds is 1. The molecule has 1 aromatic carbocycles. The summed E-state index contributed by atoms with van der Waals surface area (Å²) in [5, 5.41) is 3.46. The quantitative estimate of drug-likeness (QED) is 0.866. The van der Waals surface area contributed by atoms with Gasteiger partial charge in [0.25, 0.3) is 0 Å². The Labute approximate surface area is 116 Å². The highest BCUT2D eigenvalue weighted by atomic mass is 35.5. The lowest BCUT2D eigenvalue weighted by Gasteiger charge is -2.18. The summed E-state index contributed by atoms with van der Waals surface area (Å²) in [6.45, 7) is 0.668. The number of anilines is 2. The van der Waals surface area contributed by atoms with Gasteiger partial charge in [0.2, 0.25) is 0 Å². The zero-order valence-electron chi connectivity index (χ0n) is 10.1. The number of aromatic nitrogens is 1. The molecule has 19 heavy (non-hydrogen) atoms. The molecule has 1 aliphatic rings. The van der Waals surface area contributed by atoms with Gasteiger partial charge >= 0.3 is 6.03 Å². The third-order valence-corrected chi connectivity index (χ3v) is 3.34. The Kier molecular flexibility index (Phi) is 3.09. The van der Waals surface area contributed by atoms with E-state index in [1.54, 1.807) is 29.4 Å². The largest absolute Gasteiger partial charge is 0.326 e. The van der Waals surface area contributed by atoms with Gasteiger partial charge in [-0.05, 0) is 36.2 Å². The molecule has 4 nitrogen and oxygen atoms in total. The van der Waals surface area contributed by atoms with Gasteiger partial charge in [-0.2, -0.15) is 0 Å². The second kappa shape index (κ2) is 4.90. The second-order valence-corrected chi connectivity index (χ2v) is 4.78. The lowest BCUT2D eigenvalue weighted by Crippen LogP contribution is -2.33. The van der Waals surface area contributed by atoms with Crippen LogP contribution in [-0.4, -0.2) is 17.6 Å². The first-order valence-electron chi connectivity index (χ1n) is 6.01. The van der Waals surface area contributed by atoms with Gasteiger partial charge in [-0.1, -0.05) is 17.7 Å². The average Bonchev–Trinajstić information content (AvgIpc) is 2.82. The highest BCUT2D eigenvalue weighted by Gasteiger charge is 2.24. The Bertz CT molecular complexity index is 615. The summed E-state index contributed by atoms with van der Waals surface area (Å²) in [6.07, 6.45) is 4.14. The Morgan fingerprint density at radius 2 is 2.26 bits per heavy atom. The first-order valence-corrected chi connectivity index (χ1v) is 6.39. The van der Waals surface area contributed by atoms with E-state index in [0.717, 1.165) is 17.7 Å². The van der Waals surface area contributed by atoms with E-state index in [1.165, 1.54) is 0 Å². The molecule has 1 aromatic heterocycles. The van der Waals surface area contributed by atoms with Crippen molar-refractivity contribution in [3.63, 3.8) is 0 Å². The van der Waals surface area contributed by atoms with E-state index in [9.17, 15) is 4.79 Å². The number of amides is 2. The summed E-state index contributed by atoms with van der Waals surface area (Å²) in [7, 11) is 0. The molecule has 1 N–H and O–H groups in total. The van der Waals surface area contributed by atoms with Crippen molar-refractivity contribution in [3.05, 3.63) is 53.3 Å². The van der Waals surface area contributed by atoms with Crippen LogP contribution in [0.4, 0.5) is 16.2 Å². The minimum absolute atomic E-state index is 0.158. The van der Waals surface area contributed by atoms with Gasteiger partial charge < -0.3 is 5.32 Å². The number of pyridine rings is 1. The minimum atomic E-state index is -0.158. The van der Waals surface area contributed by atoms with Crippen LogP contribution >= 0.6 is 11.6 Å². The van der Waals surface area contributed by atoms with Crippen LogP contribution in [0.1, 0.15) is 5.56 Å². The molecule has 0 atom stereocenters. The van der Waals surface area contributed by atoms with E-state index in [-0.39, 0.29) is 6.03 Å². The Morgan fingerprint density at radius 1 is 1.37 bits per heavy atom. The molecular formula is C14H12ClN3O. The molecule has 0 fully saturated rings. The standard InChI is InChI=1S/C14H12ClN3O/c15-11-4-3-10-5-7-18(13(10)8-11)14(19)17-12-2-1-6-16-9-12/h1-4,6,8-9H,5,7H2,(H,17,19). The molecule has 3 rings (SSSR count). The maximum Gasteiger partial charge on any atom is 0.326 e. The van der Waals surface area contributed by atoms with E-state index in [4.69, 9.17) is 11.6 Å². The van der Waals surface area contributed by atoms with Crippen molar-refractivity contribution in [1.29, 1.82) is 0 Å². The highest BCUT2D eigenvalue weighted by molar-refractivity contribution is 6.31. The van der Waals surface area contributed by atoms with Crippen molar-refractivity contribution >= 4 is 29.0 Å². The number of urea groups is 1. The number of hydrogen-bond donors (Lipinski definition) is 1. The lowest BCUT2D eigenvalue weighted by molar-refractivity contribution is 0.257. The topological polar surface area (TPSA) is 45.2 Å². The number of nitrogens with one attached hydrogen (secondary N) is 1. The summed E-state index contributed by atoms with van der Waals surface area (Å²) in [5.74, 6) is 0. The van der Waals surface area contributed by atoms with E-state index >= 15 is 0 Å². The molecule has 96 valence electrons. The smallest absolute Gasteiger partial charge is 0.306 e. The fraction of sp³-hybridized carbons (Fsp3) is 0.143. The SMILES string of the molecule is O=C(Nc1cccnc1)N1CCc2ccc(Cl)cc21. The third kappa shape index (κ3) is 2.39. The average molecular weight is 274 g/mol. The fourth-order valence-electron chi connectivity index (χ4n) is 2.19. The van der Waals surface area contributed by atoms with E-state index in [1.807, 2.05) is 18.2 Å². The number of benzene rings is 1. The van der Waals surface area contributed by atoms with Gasteiger partial charge in [0.1, 0.15) is 0 Å². The van der Waals surface area contributed by atoms with E-state index in [2.05, 4.69) is 10.3 Å². The predicted octanol–water partition coefficient (Wildman–Crippen LogP) is 3.33. The van der Waals surface area contributed by atoms with Gasteiger partial charge in [0.15, 0.2) is 0 Å². The molecule has 0 radical (unpaired) electrons. The van der Waals surface area contributed by atoms with Crippen LogP contribution in [0.2, 0.25) is 5.02 Å². The third-order valence-electron chi connectivity index (χ3n) is 3.10. The second-order valence-electron chi connectivity index (χ2n) is 4.35. The monoisotopic (exact) mass is 273 g/mol. The van der Waals surface area contributed by atoms with Crippen LogP contribution in [0.15, 0.2) is 42.7 Å². The molecule has 2 amide bonds. The maximum atomic E-state index is 12.2. The van der Waals surface area contributed by atoms with Crippen molar-refractivity contribution < 1.29 is 4.79 Å². The molecular weight excluding hydrogens is 262 g/mol. The summed E-state index contributed by atoms with van der Waals surface area (Å²) in [6, 6.07) is 9.07. The highest BCUT2D eigenvalue weighted by Crippen LogP contribution is 2.31. The van der Waals surface area contributed by atoms with E-state index in [0.29, 0.717) is 17.3 Å². The van der Waals surface area contributed by atoms with Crippen molar-refractivity contribution in [1.82, 2.24) is 4.98 Å². The summed E-state index contributed by atoms with van der Waals surface area (Å²) >= 11 is 5.99. The van der Waals surface area contributed by atoms with Gasteiger partial charge in [0, 0.05) is 17.8 Å². The minimum Gasteiger partial charge on any atom is -0.306 e. The van der Waals surface area contributed by atoms with Crippen molar-refractivity contribution in [2.45, 2.75) is 6.42 Å². The number of carbonyl (C=O) groups excluding carboxylic acids is 1. The molecule has 5 heteroatoms. The van der Waals surface area contributed by atoms with Crippen molar-refractivity contribution in [3.8, 4) is 0 Å². The molecule has 2 aromatic rings. The number of hydrogen-bond acceptors (Lipinski definition) is 2. The van der Waals surface area contributed by atoms with E-state index < -0.39 is 0 Å². The summed E-state index contributed by atoms with van der Waals surface area (Å²) in [5.41, 5.74) is 2.71. The van der Waals surface area contributed by atoms with Crippen LogP contribution in [0.3, 0.4) is 0 Å².